The number of rotatable bonds is 5. The molecule has 0 aromatic carbocycles. The molecule has 48 heavy (non-hydrogen) atoms. The fourth-order valence-corrected chi connectivity index (χ4v) is 4.91. The fraction of sp³-hybridized carbons (Fsp3) is 0.941. The second-order valence-corrected chi connectivity index (χ2v) is 11.7. The van der Waals surface area contributed by atoms with Gasteiger partial charge in [0, 0.05) is 12.8 Å². The molecule has 5 heterocycles. The lowest BCUT2D eigenvalue weighted by Crippen LogP contribution is -2.33. The summed E-state index contributed by atoms with van der Waals surface area (Å²) in [5.41, 5.74) is 0. The number of ether oxygens (including phenoxy) is 5. The summed E-state index contributed by atoms with van der Waals surface area (Å²) < 4.78 is 25.6. The maximum absolute atomic E-state index is 9.09. The van der Waals surface area contributed by atoms with E-state index in [1.54, 1.807) is 20.8 Å². The van der Waals surface area contributed by atoms with Gasteiger partial charge in [0.1, 0.15) is 18.3 Å². The third-order valence-electron chi connectivity index (χ3n) is 7.78. The van der Waals surface area contributed by atoms with Crippen LogP contribution in [0.4, 0.5) is 0 Å². The highest BCUT2D eigenvalue weighted by Gasteiger charge is 2.39. The minimum atomic E-state index is -0.944. The molecule has 5 rings (SSSR count). The smallest absolute Gasteiger partial charge is 0.111 e. The predicted octanol–water partition coefficient (Wildman–Crippen LogP) is 0.935. The van der Waals surface area contributed by atoms with Crippen LogP contribution in [0, 0.1) is 0 Å². The van der Waals surface area contributed by atoms with Crippen molar-refractivity contribution in [2.24, 2.45) is 0 Å². The van der Waals surface area contributed by atoms with Crippen molar-refractivity contribution >= 4 is 0 Å². The first-order valence-electron chi connectivity index (χ1n) is 15.5. The van der Waals surface area contributed by atoms with E-state index in [1.807, 2.05) is 26.0 Å². The average Bonchev–Trinajstić information content (AvgIpc) is 3.83. The van der Waals surface area contributed by atoms with Crippen LogP contribution in [0.5, 0.6) is 0 Å². The Balaban J connectivity index is -0.000000247. The number of hydrogen-bond acceptors (Lipinski definition) is 14. The molecular formula is C34H74O14. The van der Waals surface area contributed by atoms with Gasteiger partial charge in [0.25, 0.3) is 0 Å². The van der Waals surface area contributed by atoms with Crippen molar-refractivity contribution < 1.29 is 69.6 Å². The zero-order valence-electron chi connectivity index (χ0n) is 26.7. The van der Waals surface area contributed by atoms with Crippen LogP contribution in [-0.2, 0) is 23.7 Å². The lowest BCUT2D eigenvalue weighted by atomic mass is 10.1. The van der Waals surface area contributed by atoms with Crippen LogP contribution in [0.15, 0.2) is 12.2 Å². The van der Waals surface area contributed by atoms with E-state index in [9.17, 15) is 0 Å². The van der Waals surface area contributed by atoms with Crippen LogP contribution in [0.2, 0.25) is 0 Å². The first kappa shape index (κ1) is 54.0. The highest BCUT2D eigenvalue weighted by atomic mass is 16.6. The van der Waals surface area contributed by atoms with Gasteiger partial charge in [-0.25, -0.2) is 0 Å². The molecule has 4 fully saturated rings. The third-order valence-corrected chi connectivity index (χ3v) is 7.78. The van der Waals surface area contributed by atoms with Gasteiger partial charge in [-0.3, -0.25) is 0 Å². The molecule has 0 aromatic rings. The first-order valence-corrected chi connectivity index (χ1v) is 15.5. The van der Waals surface area contributed by atoms with Crippen molar-refractivity contribution in [3.63, 3.8) is 0 Å². The lowest BCUT2D eigenvalue weighted by molar-refractivity contribution is -0.0171. The Morgan fingerprint density at radius 1 is 0.500 bits per heavy atom. The lowest BCUT2D eigenvalue weighted by Gasteiger charge is -2.10. The molecule has 0 spiro atoms. The van der Waals surface area contributed by atoms with E-state index < -0.39 is 18.3 Å². The van der Waals surface area contributed by atoms with Crippen LogP contribution >= 0.6 is 0 Å². The molecule has 0 aliphatic carbocycles. The number of aliphatic hydroxyl groups excluding tert-OH is 9. The molecule has 0 bridgehead atoms. The molecule has 14 heteroatoms. The Bertz CT molecular complexity index is 717. The zero-order chi connectivity index (χ0) is 33.4. The first-order chi connectivity index (χ1) is 20.8. The summed E-state index contributed by atoms with van der Waals surface area (Å²) in [7, 11) is 0. The summed E-state index contributed by atoms with van der Waals surface area (Å²) in [6, 6.07) is 0. The fourth-order valence-electron chi connectivity index (χ4n) is 4.91. The molecule has 9 N–H and O–H groups in total. The van der Waals surface area contributed by atoms with E-state index in [4.69, 9.17) is 69.6 Å². The highest BCUT2D eigenvalue weighted by molar-refractivity contribution is 5.00. The Kier molecular flexibility index (Phi) is 32.4. The van der Waals surface area contributed by atoms with E-state index >= 15 is 0 Å². The summed E-state index contributed by atoms with van der Waals surface area (Å²) in [4.78, 5) is 0. The number of hydrogen-bond donors (Lipinski definition) is 9. The Morgan fingerprint density at radius 2 is 0.979 bits per heavy atom. The van der Waals surface area contributed by atoms with Crippen molar-refractivity contribution in [3.8, 4) is 0 Å². The van der Waals surface area contributed by atoms with Crippen molar-refractivity contribution in [3.05, 3.63) is 12.2 Å². The highest BCUT2D eigenvalue weighted by Crippen LogP contribution is 2.21. The predicted molar refractivity (Wildman–Crippen MR) is 186 cm³/mol. The summed E-state index contributed by atoms with van der Waals surface area (Å²) >= 11 is 0. The van der Waals surface area contributed by atoms with E-state index in [2.05, 4.69) is 0 Å². The van der Waals surface area contributed by atoms with Crippen molar-refractivity contribution in [2.45, 2.75) is 175 Å². The number of aliphatic hydroxyl groups is 9. The quantitative estimate of drug-likeness (QED) is 0.181. The molecule has 5 aliphatic rings. The van der Waals surface area contributed by atoms with Crippen molar-refractivity contribution in [1.82, 2.24) is 0 Å². The molecular weight excluding hydrogens is 632 g/mol. The van der Waals surface area contributed by atoms with Crippen LogP contribution in [-0.4, -0.2) is 164 Å². The van der Waals surface area contributed by atoms with Crippen LogP contribution in [0.1, 0.15) is 90.0 Å². The maximum atomic E-state index is 9.09. The second kappa shape index (κ2) is 28.8. The Labute approximate surface area is 290 Å². The molecule has 14 unspecified atom stereocenters. The van der Waals surface area contributed by atoms with Gasteiger partial charge >= 0.3 is 0 Å². The molecule has 5 aliphatic heterocycles. The topological polar surface area (TPSA) is 228 Å². The maximum Gasteiger partial charge on any atom is 0.111 e. The molecule has 0 radical (unpaired) electrons. The minimum absolute atomic E-state index is 0. The van der Waals surface area contributed by atoms with Gasteiger partial charge in [0.15, 0.2) is 0 Å². The SMILES string of the molecule is C.C.C.C.CC1C=CC(CO)O1.CC1CCC(CO)O1.CC1OC(CO)C(O)C1O.CC1OC(CO)CC1O.CC1OC(CO)CC1O. The monoisotopic (exact) mass is 707 g/mol. The largest absolute Gasteiger partial charge is 0.394 e. The van der Waals surface area contributed by atoms with E-state index in [1.165, 1.54) is 0 Å². The molecule has 294 valence electrons. The van der Waals surface area contributed by atoms with Gasteiger partial charge in [-0.05, 0) is 47.5 Å². The molecule has 4 saturated heterocycles. The molecule has 0 amide bonds. The van der Waals surface area contributed by atoms with Crippen molar-refractivity contribution in [2.75, 3.05) is 33.0 Å². The minimum Gasteiger partial charge on any atom is -0.394 e. The van der Waals surface area contributed by atoms with E-state index in [-0.39, 0.29) is 124 Å². The summed E-state index contributed by atoms with van der Waals surface area (Å²) in [5, 5.41) is 79.1. The second-order valence-electron chi connectivity index (χ2n) is 11.7. The van der Waals surface area contributed by atoms with E-state index in [0.717, 1.165) is 12.8 Å². The average molecular weight is 707 g/mol. The summed E-state index contributed by atoms with van der Waals surface area (Å²) in [6.45, 7) is 9.32. The molecule has 0 saturated carbocycles. The van der Waals surface area contributed by atoms with E-state index in [0.29, 0.717) is 18.9 Å². The van der Waals surface area contributed by atoms with Crippen LogP contribution < -0.4 is 0 Å². The third kappa shape index (κ3) is 19.5. The van der Waals surface area contributed by atoms with Crippen LogP contribution in [0.3, 0.4) is 0 Å². The Hall–Kier alpha value is -0.820. The van der Waals surface area contributed by atoms with Crippen molar-refractivity contribution in [1.29, 1.82) is 0 Å². The molecule has 0 aromatic heterocycles. The van der Waals surface area contributed by atoms with Gasteiger partial charge in [-0.15, -0.1) is 0 Å². The molecule has 14 atom stereocenters. The van der Waals surface area contributed by atoms with Crippen LogP contribution in [0.25, 0.3) is 0 Å². The zero-order valence-corrected chi connectivity index (χ0v) is 26.7. The van der Waals surface area contributed by atoms with Gasteiger partial charge in [-0.2, -0.15) is 0 Å². The standard InChI is InChI=1S/C6H12O4.2C6H12O3.C6H12O2.C6H10O2.4CH4/c1-3-5(8)6(9)4(2-7)10-3;2*1-4-6(8)2-5(3-7)9-4;2*1-5-2-3-6(4-7)8-5;;;;/h3-9H,2H2,1H3;2*4-8H,2-3H2,1H3;5-7H,2-4H2,1H3;2-3,5-7H,4H2,1H3;4*1H4. The summed E-state index contributed by atoms with van der Waals surface area (Å²) in [5.74, 6) is 0. The van der Waals surface area contributed by atoms with Gasteiger partial charge in [-0.1, -0.05) is 41.9 Å². The molecule has 14 nitrogen and oxygen atoms in total. The summed E-state index contributed by atoms with van der Waals surface area (Å²) in [6.07, 6.45) is 3.63. The normalized spacial score (nSPS) is 38.8. The van der Waals surface area contributed by atoms with Gasteiger partial charge in [0.05, 0.1) is 100 Å². The van der Waals surface area contributed by atoms with Gasteiger partial charge < -0.3 is 69.6 Å². The Morgan fingerprint density at radius 3 is 1.15 bits per heavy atom. The van der Waals surface area contributed by atoms with Gasteiger partial charge in [0.2, 0.25) is 0 Å².